The maximum Gasteiger partial charge on any atom is 0.397 e. The van der Waals surface area contributed by atoms with Gasteiger partial charge in [0, 0.05) is 5.56 Å². The summed E-state index contributed by atoms with van der Waals surface area (Å²) in [5.74, 6) is -3.64. The first-order valence-corrected chi connectivity index (χ1v) is 13.2. The van der Waals surface area contributed by atoms with E-state index < -0.39 is 60.7 Å². The molecule has 2 saturated heterocycles. The number of esters is 1. The molecule has 4 rings (SSSR count). The molecule has 2 aliphatic heterocycles. The fourth-order valence-electron chi connectivity index (χ4n) is 5.28. The standard InChI is InChI=1S/C27H34BN4O8/c1-15(2)14-20(28-32(4)22(26(36)40-28)23(39-28)27(37)38-5)30-25(35)21(16(3)33)31-24(34)19-13-9-12-18(29-19)17-10-7-6-8-11-17/h6-13,15-16,20-23,33H,14H2,1-5H3,(H,30,35)(H,31,34)/q-1/t16-,20?,21+,22+,23-,28?/m1/s1. The molecule has 0 aliphatic carbocycles. The maximum absolute atomic E-state index is 13.5. The number of pyridine rings is 1. The number of hydrogen-bond donors (Lipinski definition) is 3. The van der Waals surface area contributed by atoms with Crippen molar-refractivity contribution in [2.24, 2.45) is 5.92 Å². The molecule has 13 heteroatoms. The van der Waals surface area contributed by atoms with E-state index >= 15 is 0 Å². The summed E-state index contributed by atoms with van der Waals surface area (Å²) >= 11 is 0. The third kappa shape index (κ3) is 5.58. The summed E-state index contributed by atoms with van der Waals surface area (Å²) in [6.45, 7) is 2.55. The Morgan fingerprint density at radius 3 is 2.42 bits per heavy atom. The van der Waals surface area contributed by atoms with Crippen LogP contribution in [0.25, 0.3) is 11.3 Å². The van der Waals surface area contributed by atoms with Crippen molar-refractivity contribution in [3.05, 3.63) is 54.2 Å². The number of rotatable bonds is 10. The molecule has 0 saturated carbocycles. The number of likely N-dealkylation sites (N-methyl/N-ethyl adjacent to an activating group) is 1. The monoisotopic (exact) mass is 553 g/mol. The second-order valence-corrected chi connectivity index (χ2v) is 10.6. The first kappa shape index (κ1) is 29.2. The molecule has 0 spiro atoms. The zero-order valence-corrected chi connectivity index (χ0v) is 23.1. The van der Waals surface area contributed by atoms with E-state index in [1.807, 2.05) is 44.2 Å². The van der Waals surface area contributed by atoms with Gasteiger partial charge in [0.05, 0.1) is 18.9 Å². The van der Waals surface area contributed by atoms with Crippen LogP contribution >= 0.6 is 0 Å². The minimum atomic E-state index is -2.63. The van der Waals surface area contributed by atoms with Crippen LogP contribution in [0.2, 0.25) is 0 Å². The highest BCUT2D eigenvalue weighted by Crippen LogP contribution is 2.40. The van der Waals surface area contributed by atoms with Crippen LogP contribution in [0.15, 0.2) is 48.5 Å². The van der Waals surface area contributed by atoms with Gasteiger partial charge in [-0.15, -0.1) is 0 Å². The van der Waals surface area contributed by atoms with Crippen molar-refractivity contribution in [2.75, 3.05) is 14.2 Å². The van der Waals surface area contributed by atoms with Crippen molar-refractivity contribution >= 4 is 30.4 Å². The van der Waals surface area contributed by atoms with Gasteiger partial charge in [0.1, 0.15) is 23.9 Å². The predicted octanol–water partition coefficient (Wildman–Crippen LogP) is 0.666. The van der Waals surface area contributed by atoms with Crippen LogP contribution in [-0.2, 0) is 28.4 Å². The third-order valence-electron chi connectivity index (χ3n) is 7.26. The third-order valence-corrected chi connectivity index (χ3v) is 7.26. The van der Waals surface area contributed by atoms with E-state index in [2.05, 4.69) is 15.6 Å². The summed E-state index contributed by atoms with van der Waals surface area (Å²) in [5, 5.41) is 15.8. The highest BCUT2D eigenvalue weighted by Gasteiger charge is 2.64. The molecule has 12 nitrogen and oxygen atoms in total. The van der Waals surface area contributed by atoms with Gasteiger partial charge >= 0.3 is 12.7 Å². The average molecular weight is 553 g/mol. The molecule has 2 aliphatic rings. The number of carbonyl (C=O) groups is 4. The lowest BCUT2D eigenvalue weighted by atomic mass is 9.59. The lowest BCUT2D eigenvalue weighted by molar-refractivity contribution is -0.159. The van der Waals surface area contributed by atoms with Crippen molar-refractivity contribution in [3.8, 4) is 11.3 Å². The first-order valence-electron chi connectivity index (χ1n) is 13.2. The predicted molar refractivity (Wildman–Crippen MR) is 144 cm³/mol. The molecule has 2 bridgehead atoms. The molecule has 214 valence electrons. The fraction of sp³-hybridized carbons (Fsp3) is 0.444. The summed E-state index contributed by atoms with van der Waals surface area (Å²) in [5.41, 5.74) is 1.45. The van der Waals surface area contributed by atoms with Gasteiger partial charge in [-0.2, -0.15) is 0 Å². The molecule has 3 N–H and O–H groups in total. The van der Waals surface area contributed by atoms with Crippen molar-refractivity contribution in [2.45, 2.75) is 57.4 Å². The van der Waals surface area contributed by atoms with Gasteiger partial charge in [-0.25, -0.2) is 9.78 Å². The summed E-state index contributed by atoms with van der Waals surface area (Å²) in [7, 11) is 2.77. The van der Waals surface area contributed by atoms with Crippen LogP contribution in [0.1, 0.15) is 37.7 Å². The smallest absolute Gasteiger partial charge is 0.397 e. The second-order valence-electron chi connectivity index (χ2n) is 10.6. The summed E-state index contributed by atoms with van der Waals surface area (Å²) < 4.78 is 16.4. The van der Waals surface area contributed by atoms with Crippen molar-refractivity contribution < 1.29 is 38.3 Å². The van der Waals surface area contributed by atoms with Gasteiger partial charge in [0.25, 0.3) is 11.9 Å². The Morgan fingerprint density at radius 2 is 1.80 bits per heavy atom. The lowest BCUT2D eigenvalue weighted by Gasteiger charge is -2.45. The molecule has 1 aromatic heterocycles. The van der Waals surface area contributed by atoms with Gasteiger partial charge < -0.3 is 34.6 Å². The largest absolute Gasteiger partial charge is 0.651 e. The number of methoxy groups -OCH3 is 1. The normalized spacial score (nSPS) is 24.2. The first-order chi connectivity index (χ1) is 19.0. The number of ether oxygens (including phenoxy) is 1. The van der Waals surface area contributed by atoms with E-state index in [4.69, 9.17) is 14.0 Å². The highest BCUT2D eigenvalue weighted by molar-refractivity contribution is 6.71. The van der Waals surface area contributed by atoms with Crippen molar-refractivity contribution in [3.63, 3.8) is 0 Å². The van der Waals surface area contributed by atoms with E-state index in [9.17, 15) is 24.3 Å². The molecular weight excluding hydrogens is 519 g/mol. The number of nitrogens with one attached hydrogen (secondary N) is 2. The molecule has 40 heavy (non-hydrogen) atoms. The zero-order valence-electron chi connectivity index (χ0n) is 23.1. The Morgan fingerprint density at radius 1 is 1.10 bits per heavy atom. The molecular formula is C27H34BN4O8-. The van der Waals surface area contributed by atoms with Crippen LogP contribution in [0, 0.1) is 5.92 Å². The van der Waals surface area contributed by atoms with E-state index in [-0.39, 0.29) is 11.6 Å². The van der Waals surface area contributed by atoms with E-state index in [1.54, 1.807) is 19.2 Å². The number of aromatic nitrogens is 1. The van der Waals surface area contributed by atoms with E-state index in [0.717, 1.165) is 5.56 Å². The molecule has 6 atom stereocenters. The number of fused-ring (bicyclic) bond motifs is 2. The zero-order chi connectivity index (χ0) is 29.2. The van der Waals surface area contributed by atoms with Gasteiger partial charge in [0.15, 0.2) is 0 Å². The maximum atomic E-state index is 13.5. The molecule has 1 aromatic carbocycles. The second kappa shape index (κ2) is 11.7. The topological polar surface area (TPSA) is 156 Å². The highest BCUT2D eigenvalue weighted by atomic mass is 16.7. The minimum absolute atomic E-state index is 0.0120. The molecule has 0 radical (unpaired) electrons. The summed E-state index contributed by atoms with van der Waals surface area (Å²) in [6.07, 6.45) is -2.18. The van der Waals surface area contributed by atoms with Crippen molar-refractivity contribution in [1.29, 1.82) is 0 Å². The Hall–Kier alpha value is -3.81. The van der Waals surface area contributed by atoms with Crippen LogP contribution in [0.3, 0.4) is 0 Å². The Labute approximate surface area is 232 Å². The summed E-state index contributed by atoms with van der Waals surface area (Å²) in [4.78, 5) is 57.6. The summed E-state index contributed by atoms with van der Waals surface area (Å²) in [6, 6.07) is 11.9. The van der Waals surface area contributed by atoms with E-state index in [1.165, 1.54) is 24.9 Å². The van der Waals surface area contributed by atoms with Crippen LogP contribution in [0.4, 0.5) is 0 Å². The average Bonchev–Trinajstić information content (AvgIpc) is 3.37. The number of amides is 2. The van der Waals surface area contributed by atoms with Crippen LogP contribution in [-0.4, -0.2) is 89.7 Å². The number of benzene rings is 1. The minimum Gasteiger partial charge on any atom is -0.651 e. The molecule has 2 aromatic rings. The lowest BCUT2D eigenvalue weighted by Crippen LogP contribution is -2.67. The SMILES string of the molecule is COC(=O)[C@@H]1O[B-]2(C(CC(C)C)NC(=O)[C@@H](NC(=O)c3cccc(-c4ccccc4)n3)[C@@H](C)O)OC(=O)[C@H]1N2C. The molecule has 3 heterocycles. The quantitative estimate of drug-likeness (QED) is 0.282. The Kier molecular flexibility index (Phi) is 8.57. The van der Waals surface area contributed by atoms with Gasteiger partial charge in [0.2, 0.25) is 5.91 Å². The number of aliphatic hydroxyl groups is 1. The van der Waals surface area contributed by atoms with Crippen LogP contribution < -0.4 is 10.6 Å². The number of nitrogens with zero attached hydrogens (tertiary/aromatic N) is 2. The van der Waals surface area contributed by atoms with Gasteiger partial charge in [-0.3, -0.25) is 14.4 Å². The Bertz CT molecular complexity index is 1280. The van der Waals surface area contributed by atoms with Gasteiger partial charge in [-0.1, -0.05) is 56.7 Å². The number of aliphatic hydroxyl groups excluding tert-OH is 1. The van der Waals surface area contributed by atoms with Crippen LogP contribution in [0.5, 0.6) is 0 Å². The number of carbonyl (C=O) groups excluding carboxylic acids is 4. The number of hydrogen-bond acceptors (Lipinski definition) is 10. The van der Waals surface area contributed by atoms with Gasteiger partial charge in [-0.05, 0) is 38.0 Å². The van der Waals surface area contributed by atoms with Crippen molar-refractivity contribution in [1.82, 2.24) is 20.4 Å². The fourth-order valence-corrected chi connectivity index (χ4v) is 5.28. The molecule has 2 fully saturated rings. The van der Waals surface area contributed by atoms with E-state index in [0.29, 0.717) is 12.1 Å². The molecule has 2 unspecified atom stereocenters. The Balaban J connectivity index is 1.55. The molecule has 2 amide bonds.